The van der Waals surface area contributed by atoms with E-state index in [9.17, 15) is 18.0 Å². The van der Waals surface area contributed by atoms with Gasteiger partial charge >= 0.3 is 6.18 Å². The second kappa shape index (κ2) is 7.83. The summed E-state index contributed by atoms with van der Waals surface area (Å²) in [5.74, 6) is 0.0290. The first-order chi connectivity index (χ1) is 9.86. The van der Waals surface area contributed by atoms with Crippen LogP contribution in [-0.4, -0.2) is 11.9 Å². The molecule has 1 fully saturated rings. The van der Waals surface area contributed by atoms with Gasteiger partial charge in [-0.25, -0.2) is 0 Å². The molecule has 0 unspecified atom stereocenters. The number of carbonyl (C=O) groups is 1. The van der Waals surface area contributed by atoms with Gasteiger partial charge in [0.15, 0.2) is 0 Å². The molecule has 22 heavy (non-hydrogen) atoms. The molecule has 1 aliphatic rings. The van der Waals surface area contributed by atoms with Crippen LogP contribution in [0.5, 0.6) is 0 Å². The summed E-state index contributed by atoms with van der Waals surface area (Å²) >= 11 is 0. The summed E-state index contributed by atoms with van der Waals surface area (Å²) in [7, 11) is 0. The van der Waals surface area contributed by atoms with Gasteiger partial charge in [-0.05, 0) is 36.5 Å². The third kappa shape index (κ3) is 5.18. The Morgan fingerprint density at radius 2 is 2.05 bits per heavy atom. The van der Waals surface area contributed by atoms with Gasteiger partial charge in [-0.1, -0.05) is 18.6 Å². The Bertz CT molecular complexity index is 508. The van der Waals surface area contributed by atoms with Crippen LogP contribution >= 0.6 is 12.4 Å². The van der Waals surface area contributed by atoms with E-state index >= 15 is 0 Å². The van der Waals surface area contributed by atoms with Crippen molar-refractivity contribution < 1.29 is 18.0 Å². The lowest BCUT2D eigenvalue weighted by Gasteiger charge is -2.15. The highest BCUT2D eigenvalue weighted by Crippen LogP contribution is 2.29. The van der Waals surface area contributed by atoms with Gasteiger partial charge in [0.1, 0.15) is 0 Å². The molecule has 0 aliphatic heterocycles. The minimum absolute atomic E-state index is 0. The van der Waals surface area contributed by atoms with Crippen LogP contribution < -0.4 is 11.1 Å². The van der Waals surface area contributed by atoms with Gasteiger partial charge < -0.3 is 11.1 Å². The van der Waals surface area contributed by atoms with Crippen LogP contribution in [0.15, 0.2) is 24.3 Å². The van der Waals surface area contributed by atoms with Crippen molar-refractivity contribution >= 4 is 18.3 Å². The zero-order chi connectivity index (χ0) is 15.5. The van der Waals surface area contributed by atoms with Gasteiger partial charge in [-0.2, -0.15) is 13.2 Å². The minimum Gasteiger partial charge on any atom is -0.352 e. The normalized spacial score (nSPS) is 21.3. The first-order valence-electron chi connectivity index (χ1n) is 7.04. The molecule has 0 aromatic heterocycles. The van der Waals surface area contributed by atoms with Crippen LogP contribution in [0.1, 0.15) is 36.8 Å². The van der Waals surface area contributed by atoms with Gasteiger partial charge in [0.25, 0.3) is 0 Å². The van der Waals surface area contributed by atoms with Gasteiger partial charge in [0.05, 0.1) is 5.56 Å². The van der Waals surface area contributed by atoms with Crippen molar-refractivity contribution in [3.05, 3.63) is 35.4 Å². The Morgan fingerprint density at radius 1 is 1.32 bits per heavy atom. The van der Waals surface area contributed by atoms with E-state index in [1.807, 2.05) is 0 Å². The van der Waals surface area contributed by atoms with Crippen molar-refractivity contribution in [2.24, 2.45) is 11.7 Å². The number of benzene rings is 1. The van der Waals surface area contributed by atoms with E-state index in [4.69, 9.17) is 5.73 Å². The summed E-state index contributed by atoms with van der Waals surface area (Å²) < 4.78 is 37.7. The molecule has 0 radical (unpaired) electrons. The van der Waals surface area contributed by atoms with Gasteiger partial charge in [0, 0.05) is 19.0 Å². The lowest BCUT2D eigenvalue weighted by molar-refractivity contribution is -0.137. The molecular weight excluding hydrogens is 317 g/mol. The summed E-state index contributed by atoms with van der Waals surface area (Å²) in [5.41, 5.74) is 5.63. The van der Waals surface area contributed by atoms with Crippen LogP contribution in [0.4, 0.5) is 13.2 Å². The molecule has 3 nitrogen and oxygen atoms in total. The molecule has 1 aliphatic carbocycles. The SMILES string of the molecule is Cl.N[C@@H]1CCC[C@H]1CC(=O)NCc1cccc(C(F)(F)F)c1. The molecule has 0 bridgehead atoms. The number of hydrogen-bond acceptors (Lipinski definition) is 2. The predicted molar refractivity (Wildman–Crippen MR) is 80.5 cm³/mol. The number of halogens is 4. The lowest BCUT2D eigenvalue weighted by Crippen LogP contribution is -2.31. The van der Waals surface area contributed by atoms with Crippen molar-refractivity contribution in [1.82, 2.24) is 5.32 Å². The van der Waals surface area contributed by atoms with Crippen molar-refractivity contribution in [3.8, 4) is 0 Å². The Hall–Kier alpha value is -1.27. The molecule has 2 atom stereocenters. The third-order valence-corrected chi connectivity index (χ3v) is 3.91. The first-order valence-corrected chi connectivity index (χ1v) is 7.04. The average Bonchev–Trinajstić information content (AvgIpc) is 2.81. The van der Waals surface area contributed by atoms with Crippen LogP contribution in [-0.2, 0) is 17.5 Å². The van der Waals surface area contributed by atoms with E-state index in [1.54, 1.807) is 6.07 Å². The molecule has 0 saturated heterocycles. The topological polar surface area (TPSA) is 55.1 Å². The second-order valence-corrected chi connectivity index (χ2v) is 5.53. The number of carbonyl (C=O) groups excluding carboxylic acids is 1. The van der Waals surface area contributed by atoms with Crippen molar-refractivity contribution in [2.45, 2.75) is 44.4 Å². The summed E-state index contributed by atoms with van der Waals surface area (Å²) in [6, 6.07) is 5.04. The highest BCUT2D eigenvalue weighted by atomic mass is 35.5. The standard InChI is InChI=1S/C15H19F3N2O.ClH/c16-15(17,18)12-5-1-3-10(7-12)9-20-14(21)8-11-4-2-6-13(11)19;/h1,3,5,7,11,13H,2,4,6,8-9,19H2,(H,20,21);1H/t11-,13+;/m0./s1. The zero-order valence-corrected chi connectivity index (χ0v) is 12.8. The molecule has 0 heterocycles. The molecule has 1 amide bonds. The lowest BCUT2D eigenvalue weighted by atomic mass is 10.00. The van der Waals surface area contributed by atoms with E-state index in [-0.39, 0.29) is 36.8 Å². The third-order valence-electron chi connectivity index (χ3n) is 3.91. The largest absolute Gasteiger partial charge is 0.416 e. The fourth-order valence-electron chi connectivity index (χ4n) is 2.69. The van der Waals surface area contributed by atoms with Crippen molar-refractivity contribution in [2.75, 3.05) is 0 Å². The van der Waals surface area contributed by atoms with Crippen molar-refractivity contribution in [3.63, 3.8) is 0 Å². The van der Waals surface area contributed by atoms with E-state index < -0.39 is 11.7 Å². The predicted octanol–water partition coefficient (Wildman–Crippen LogP) is 3.26. The quantitative estimate of drug-likeness (QED) is 0.886. The summed E-state index contributed by atoms with van der Waals surface area (Å²) in [4.78, 5) is 11.8. The molecule has 124 valence electrons. The molecule has 3 N–H and O–H groups in total. The summed E-state index contributed by atoms with van der Waals surface area (Å²) in [5, 5.41) is 2.66. The first kappa shape index (κ1) is 18.8. The number of hydrogen-bond donors (Lipinski definition) is 2. The molecule has 7 heteroatoms. The fraction of sp³-hybridized carbons (Fsp3) is 0.533. The zero-order valence-electron chi connectivity index (χ0n) is 12.0. The Balaban J connectivity index is 0.00000242. The number of nitrogens with two attached hydrogens (primary N) is 1. The van der Waals surface area contributed by atoms with Crippen LogP contribution in [0, 0.1) is 5.92 Å². The van der Waals surface area contributed by atoms with Crippen molar-refractivity contribution in [1.29, 1.82) is 0 Å². The Labute approximate surface area is 133 Å². The van der Waals surface area contributed by atoms with E-state index in [0.717, 1.165) is 31.4 Å². The van der Waals surface area contributed by atoms with Gasteiger partial charge in [-0.15, -0.1) is 12.4 Å². The van der Waals surface area contributed by atoms with E-state index in [2.05, 4.69) is 5.32 Å². The Kier molecular flexibility index (Phi) is 6.68. The number of nitrogens with one attached hydrogen (secondary N) is 1. The van der Waals surface area contributed by atoms with Gasteiger partial charge in [0.2, 0.25) is 5.91 Å². The summed E-state index contributed by atoms with van der Waals surface area (Å²) in [6.45, 7) is 0.102. The number of amides is 1. The highest BCUT2D eigenvalue weighted by molar-refractivity contribution is 5.85. The Morgan fingerprint density at radius 3 is 2.64 bits per heavy atom. The van der Waals surface area contributed by atoms with Gasteiger partial charge in [-0.3, -0.25) is 4.79 Å². The fourth-order valence-corrected chi connectivity index (χ4v) is 2.69. The van der Waals surface area contributed by atoms with Crippen LogP contribution in [0.3, 0.4) is 0 Å². The van der Waals surface area contributed by atoms with E-state index in [1.165, 1.54) is 6.07 Å². The molecule has 1 aromatic carbocycles. The molecule has 1 aromatic rings. The van der Waals surface area contributed by atoms with Crippen LogP contribution in [0.2, 0.25) is 0 Å². The molecule has 2 rings (SSSR count). The van der Waals surface area contributed by atoms with Crippen LogP contribution in [0.25, 0.3) is 0 Å². The minimum atomic E-state index is -4.36. The summed E-state index contributed by atoms with van der Waals surface area (Å²) in [6.07, 6.45) is -1.10. The average molecular weight is 337 g/mol. The maximum atomic E-state index is 12.6. The molecule has 0 spiro atoms. The smallest absolute Gasteiger partial charge is 0.352 e. The highest BCUT2D eigenvalue weighted by Gasteiger charge is 2.30. The monoisotopic (exact) mass is 336 g/mol. The number of rotatable bonds is 4. The number of alkyl halides is 3. The maximum absolute atomic E-state index is 12.6. The maximum Gasteiger partial charge on any atom is 0.416 e. The molecular formula is C15H20ClF3N2O. The molecule has 1 saturated carbocycles. The van der Waals surface area contributed by atoms with E-state index in [0.29, 0.717) is 12.0 Å². The second-order valence-electron chi connectivity index (χ2n) is 5.53.